The summed E-state index contributed by atoms with van der Waals surface area (Å²) in [5.41, 5.74) is 10.2. The first-order valence-corrected chi connectivity index (χ1v) is 28.2. The molecular formula is C56H69F2N13O7S. The molecule has 5 N–H and O–H groups in total. The molecule has 9 rings (SSSR count). The van der Waals surface area contributed by atoms with Gasteiger partial charge in [0.1, 0.15) is 41.3 Å². The molecule has 2 aromatic heterocycles. The molecule has 4 amide bonds. The van der Waals surface area contributed by atoms with Crippen LogP contribution >= 0.6 is 11.8 Å². The number of nitriles is 1. The largest absolute Gasteiger partial charge is 0.382 e. The summed E-state index contributed by atoms with van der Waals surface area (Å²) in [4.78, 5) is 84.9. The number of thioether (sulfide) groups is 1. The van der Waals surface area contributed by atoms with Crippen molar-refractivity contribution < 1.29 is 42.2 Å². The second kappa shape index (κ2) is 26.0. The number of nitrogens with two attached hydrogens (primary N) is 1. The standard InChI is InChI=1S/C56H69F2N13O7S/c1-34(61-2)53(74)65-50(56(76)70-19-5-7-45(70)54-64-43(33-79-54)51(73)36-8-10-38(57)11-9-36)35-14-20-68(21-15-35)23-25-78-27-26-77-24-16-48(72)62-17-22-71-47(30-59)49-37-28-46(52(60)63-31-37)69-18-4-6-44(69)41-29-39(58)12-13-40(41)55(75)67(3)32-42(49)66-71/h8-13,28-29,31,34-35,43-45,50,61H,4-7,14-27,32-33H2,1-3H3,(H2,60,63)(H,62,72)(H,65,74)/t34-,43?,44-,45?,50-/m1/s1. The fourth-order valence-electron chi connectivity index (χ4n) is 11.3. The Morgan fingerprint density at radius 1 is 0.924 bits per heavy atom. The molecule has 23 heteroatoms. The fourth-order valence-corrected chi connectivity index (χ4v) is 12.5. The lowest BCUT2D eigenvalue weighted by molar-refractivity contribution is -0.138. The minimum atomic E-state index is -0.721. The number of ether oxygens (including phenoxy) is 2. The van der Waals surface area contributed by atoms with Gasteiger partial charge >= 0.3 is 0 Å². The van der Waals surface area contributed by atoms with Crippen LogP contribution in [0.1, 0.15) is 95.6 Å². The van der Waals surface area contributed by atoms with E-state index in [0.717, 1.165) is 31.0 Å². The third-order valence-corrected chi connectivity index (χ3v) is 16.8. The number of piperidine rings is 1. The molecule has 3 saturated heterocycles. The van der Waals surface area contributed by atoms with Crippen LogP contribution in [-0.4, -0.2) is 174 Å². The minimum Gasteiger partial charge on any atom is -0.382 e. The summed E-state index contributed by atoms with van der Waals surface area (Å²) >= 11 is 1.48. The minimum absolute atomic E-state index is 0.0463. The van der Waals surface area contributed by atoms with Gasteiger partial charge in [-0.3, -0.25) is 33.6 Å². The number of hydrogen-bond donors (Lipinski definition) is 4. The van der Waals surface area contributed by atoms with Gasteiger partial charge in [-0.15, -0.1) is 11.8 Å². The number of carbonyl (C=O) groups excluding carboxylic acids is 5. The number of nitrogens with one attached hydrogen (secondary N) is 3. The summed E-state index contributed by atoms with van der Waals surface area (Å²) in [6.45, 7) is 6.68. The molecule has 420 valence electrons. The van der Waals surface area contributed by atoms with Gasteiger partial charge in [0, 0.05) is 73.9 Å². The highest BCUT2D eigenvalue weighted by atomic mass is 32.2. The second-order valence-electron chi connectivity index (χ2n) is 20.7. The zero-order chi connectivity index (χ0) is 55.7. The maximum atomic E-state index is 14.7. The normalized spacial score (nSPS) is 20.3. The lowest BCUT2D eigenvalue weighted by atomic mass is 9.88. The molecule has 0 spiro atoms. The van der Waals surface area contributed by atoms with E-state index in [1.807, 2.05) is 11.0 Å². The number of nitrogen functional groups attached to an aromatic ring is 1. The van der Waals surface area contributed by atoms with Crippen LogP contribution in [0.25, 0.3) is 11.1 Å². The van der Waals surface area contributed by atoms with Crippen molar-refractivity contribution in [2.45, 2.75) is 95.2 Å². The number of hydrogen-bond acceptors (Lipinski definition) is 16. The number of pyridine rings is 1. The monoisotopic (exact) mass is 1110 g/mol. The zero-order valence-electron chi connectivity index (χ0n) is 44.9. The van der Waals surface area contributed by atoms with Crippen molar-refractivity contribution in [1.82, 2.24) is 45.4 Å². The molecule has 0 radical (unpaired) electrons. The Bertz CT molecular complexity index is 2960. The third kappa shape index (κ3) is 13.1. The SMILES string of the molecule is CN[C@H](C)C(=O)N[C@@H](C(=O)N1CCCC1C1=NC(C(=O)c2ccc(F)cc2)CS1)C1CCN(CCOCCOCCC(=O)NCCn2nc3c(c2C#N)-c2cnc(N)c(c2)N2CCC[C@@H]2c2cc(F)ccc2C(=O)N(C)C3)CC1. The van der Waals surface area contributed by atoms with E-state index >= 15 is 0 Å². The van der Waals surface area contributed by atoms with Gasteiger partial charge in [0.25, 0.3) is 5.91 Å². The summed E-state index contributed by atoms with van der Waals surface area (Å²) in [5, 5.41) is 25.0. The van der Waals surface area contributed by atoms with Gasteiger partial charge in [-0.2, -0.15) is 10.4 Å². The van der Waals surface area contributed by atoms with Crippen molar-refractivity contribution in [2.75, 3.05) is 96.2 Å². The number of likely N-dealkylation sites (N-methyl/N-ethyl adjacent to an activating group) is 1. The first kappa shape index (κ1) is 56.9. The molecule has 5 atom stereocenters. The smallest absolute Gasteiger partial charge is 0.254 e. The van der Waals surface area contributed by atoms with Crippen LogP contribution in [0.5, 0.6) is 0 Å². The number of aliphatic imine (C=N–C) groups is 1. The van der Waals surface area contributed by atoms with Gasteiger partial charge < -0.3 is 50.8 Å². The molecule has 4 aromatic rings. The van der Waals surface area contributed by atoms with Gasteiger partial charge in [-0.25, -0.2) is 13.8 Å². The highest BCUT2D eigenvalue weighted by Crippen LogP contribution is 2.43. The van der Waals surface area contributed by atoms with Crippen LogP contribution in [0.3, 0.4) is 0 Å². The highest BCUT2D eigenvalue weighted by molar-refractivity contribution is 8.14. The summed E-state index contributed by atoms with van der Waals surface area (Å²) in [6.07, 6.45) is 6.07. The van der Waals surface area contributed by atoms with Gasteiger partial charge in [-0.1, -0.05) is 0 Å². The van der Waals surface area contributed by atoms with E-state index in [0.29, 0.717) is 110 Å². The van der Waals surface area contributed by atoms with E-state index in [-0.39, 0.29) is 91.6 Å². The van der Waals surface area contributed by atoms with Crippen molar-refractivity contribution >= 4 is 57.7 Å². The zero-order valence-corrected chi connectivity index (χ0v) is 45.7. The number of aromatic nitrogens is 3. The first-order chi connectivity index (χ1) is 38.2. The molecule has 0 saturated carbocycles. The fraction of sp³-hybridized carbons (Fsp3) is 0.518. The molecule has 2 aromatic carbocycles. The molecule has 5 aliphatic heterocycles. The highest BCUT2D eigenvalue weighted by Gasteiger charge is 2.43. The van der Waals surface area contributed by atoms with E-state index in [1.165, 1.54) is 63.8 Å². The van der Waals surface area contributed by atoms with Crippen LogP contribution in [0, 0.1) is 28.9 Å². The number of benzene rings is 2. The quantitative estimate of drug-likeness (QED) is 0.0711. The maximum absolute atomic E-state index is 14.7. The van der Waals surface area contributed by atoms with Crippen molar-refractivity contribution in [2.24, 2.45) is 10.9 Å². The van der Waals surface area contributed by atoms with Gasteiger partial charge in [0.2, 0.25) is 17.7 Å². The number of Topliss-reactive ketones (excluding diaryl/α,β-unsaturated/α-hetero) is 1. The number of fused-ring (bicyclic) bond motifs is 8. The molecule has 79 heavy (non-hydrogen) atoms. The molecule has 2 unspecified atom stereocenters. The van der Waals surface area contributed by atoms with E-state index < -0.39 is 29.8 Å². The van der Waals surface area contributed by atoms with Crippen molar-refractivity contribution in [1.29, 1.82) is 5.26 Å². The lowest BCUT2D eigenvalue weighted by Gasteiger charge is -2.38. The van der Waals surface area contributed by atoms with E-state index in [1.54, 1.807) is 27.2 Å². The summed E-state index contributed by atoms with van der Waals surface area (Å²) in [6, 6.07) is 11.4. The van der Waals surface area contributed by atoms with Crippen LogP contribution in [0.15, 0.2) is 59.7 Å². The van der Waals surface area contributed by atoms with Crippen LogP contribution < -0.4 is 26.6 Å². The Hall–Kier alpha value is -6.84. The Morgan fingerprint density at radius 3 is 2.42 bits per heavy atom. The third-order valence-electron chi connectivity index (χ3n) is 15.7. The molecule has 5 aliphatic rings. The Balaban J connectivity index is 0.711. The number of amides is 4. The number of nitrogens with zero attached hydrogens (tertiary/aromatic N) is 9. The Kier molecular flexibility index (Phi) is 18.7. The number of likely N-dealkylation sites (tertiary alicyclic amines) is 2. The predicted molar refractivity (Wildman–Crippen MR) is 294 cm³/mol. The van der Waals surface area contributed by atoms with E-state index in [9.17, 15) is 38.0 Å². The van der Waals surface area contributed by atoms with Gasteiger partial charge in [0.05, 0.1) is 74.1 Å². The van der Waals surface area contributed by atoms with Crippen molar-refractivity contribution in [3.63, 3.8) is 0 Å². The number of halogens is 2. The topological polar surface area (TPSA) is 246 Å². The average Bonchev–Trinajstić information content (AvgIpc) is 4.36. The molecule has 20 nitrogen and oxygen atoms in total. The van der Waals surface area contributed by atoms with Crippen LogP contribution in [0.2, 0.25) is 0 Å². The average molecular weight is 1110 g/mol. The molecule has 3 fully saturated rings. The summed E-state index contributed by atoms with van der Waals surface area (Å²) in [7, 11) is 3.35. The molecule has 2 bridgehead atoms. The summed E-state index contributed by atoms with van der Waals surface area (Å²) < 4.78 is 41.4. The lowest BCUT2D eigenvalue weighted by Crippen LogP contribution is -2.58. The van der Waals surface area contributed by atoms with E-state index in [2.05, 4.69) is 36.8 Å². The molecule has 0 aliphatic carbocycles. The number of rotatable bonds is 20. The van der Waals surface area contributed by atoms with Crippen LogP contribution in [-0.2, 0) is 36.9 Å². The number of anilines is 2. The predicted octanol–water partition coefficient (Wildman–Crippen LogP) is 4.34. The Morgan fingerprint density at radius 2 is 1.66 bits per heavy atom. The Labute approximate surface area is 462 Å². The maximum Gasteiger partial charge on any atom is 0.254 e. The molecule has 7 heterocycles. The van der Waals surface area contributed by atoms with E-state index in [4.69, 9.17) is 25.3 Å². The molecular weight excluding hydrogens is 1040 g/mol. The van der Waals surface area contributed by atoms with Crippen molar-refractivity contribution in [3.8, 4) is 17.2 Å². The first-order valence-electron chi connectivity index (χ1n) is 27.2. The van der Waals surface area contributed by atoms with Crippen LogP contribution in [0.4, 0.5) is 20.3 Å². The second-order valence-corrected chi connectivity index (χ2v) is 21.8. The van der Waals surface area contributed by atoms with Crippen molar-refractivity contribution in [3.05, 3.63) is 94.4 Å². The van der Waals surface area contributed by atoms with Gasteiger partial charge in [0.15, 0.2) is 5.78 Å². The number of ketones is 1. The van der Waals surface area contributed by atoms with Gasteiger partial charge in [-0.05, 0) is 126 Å². The number of carbonyl (C=O) groups is 5. The summed E-state index contributed by atoms with van der Waals surface area (Å²) in [5.74, 6) is -1.33.